The monoisotopic (exact) mass is 325 g/mol. The summed E-state index contributed by atoms with van der Waals surface area (Å²) in [5.41, 5.74) is -0.691. The maximum atomic E-state index is 13.2. The normalized spacial score (nSPS) is 16.6. The van der Waals surface area contributed by atoms with Crippen molar-refractivity contribution < 1.29 is 17.9 Å². The van der Waals surface area contributed by atoms with Gasteiger partial charge in [0.25, 0.3) is 0 Å². The van der Waals surface area contributed by atoms with Crippen molar-refractivity contribution in [1.82, 2.24) is 14.8 Å². The highest BCUT2D eigenvalue weighted by atomic mass is 19.4. The lowest BCUT2D eigenvalue weighted by molar-refractivity contribution is -0.137. The second-order valence-electron chi connectivity index (χ2n) is 5.90. The molecule has 0 saturated heterocycles. The van der Waals surface area contributed by atoms with Crippen molar-refractivity contribution in [3.8, 4) is 11.4 Å². The minimum Gasteiger partial charge on any atom is -0.370 e. The van der Waals surface area contributed by atoms with Gasteiger partial charge in [0.05, 0.1) is 12.2 Å². The van der Waals surface area contributed by atoms with Gasteiger partial charge in [0, 0.05) is 12.6 Å². The van der Waals surface area contributed by atoms with E-state index in [1.165, 1.54) is 25.0 Å². The number of alkyl halides is 3. The van der Waals surface area contributed by atoms with Gasteiger partial charge in [-0.3, -0.25) is 0 Å². The van der Waals surface area contributed by atoms with E-state index in [0.29, 0.717) is 18.3 Å². The van der Waals surface area contributed by atoms with Crippen LogP contribution in [0.25, 0.3) is 11.4 Å². The van der Waals surface area contributed by atoms with Crippen LogP contribution in [0.4, 0.5) is 13.2 Å². The summed E-state index contributed by atoms with van der Waals surface area (Å²) in [6.45, 7) is 2.49. The van der Waals surface area contributed by atoms with E-state index >= 15 is 0 Å². The molecule has 0 aliphatic heterocycles. The van der Waals surface area contributed by atoms with Crippen molar-refractivity contribution in [3.05, 3.63) is 35.7 Å². The van der Waals surface area contributed by atoms with Crippen molar-refractivity contribution in [2.45, 2.75) is 32.0 Å². The Kier molecular flexibility index (Phi) is 4.14. The molecular weight excluding hydrogens is 307 g/mol. The number of halogens is 3. The lowest BCUT2D eigenvalue weighted by atomic mass is 10.1. The summed E-state index contributed by atoms with van der Waals surface area (Å²) < 4.78 is 46.8. The molecule has 0 bridgehead atoms. The lowest BCUT2D eigenvalue weighted by Crippen LogP contribution is -2.11. The Morgan fingerprint density at radius 2 is 1.96 bits per heavy atom. The van der Waals surface area contributed by atoms with Crippen molar-refractivity contribution in [3.63, 3.8) is 0 Å². The number of benzene rings is 1. The molecular formula is C16H18F3N3O. The Labute approximate surface area is 132 Å². The van der Waals surface area contributed by atoms with Crippen LogP contribution < -0.4 is 0 Å². The van der Waals surface area contributed by atoms with Crippen LogP contribution in [-0.4, -0.2) is 21.4 Å². The molecule has 23 heavy (non-hydrogen) atoms. The largest absolute Gasteiger partial charge is 0.417 e. The highest BCUT2D eigenvalue weighted by Crippen LogP contribution is 2.37. The fourth-order valence-corrected chi connectivity index (χ4v) is 2.49. The van der Waals surface area contributed by atoms with Crippen LogP contribution in [0.1, 0.15) is 37.3 Å². The quantitative estimate of drug-likeness (QED) is 0.834. The van der Waals surface area contributed by atoms with Crippen LogP contribution in [0.5, 0.6) is 0 Å². The molecule has 0 amide bonds. The van der Waals surface area contributed by atoms with Crippen LogP contribution in [0, 0.1) is 5.92 Å². The highest BCUT2D eigenvalue weighted by molar-refractivity contribution is 5.61. The molecule has 4 nitrogen and oxygen atoms in total. The molecule has 124 valence electrons. The van der Waals surface area contributed by atoms with Crippen molar-refractivity contribution >= 4 is 0 Å². The summed E-state index contributed by atoms with van der Waals surface area (Å²) >= 11 is 0. The van der Waals surface area contributed by atoms with Crippen LogP contribution >= 0.6 is 0 Å². The van der Waals surface area contributed by atoms with Gasteiger partial charge in [-0.2, -0.15) is 13.2 Å². The van der Waals surface area contributed by atoms with E-state index in [2.05, 4.69) is 10.2 Å². The second kappa shape index (κ2) is 5.96. The Balaban J connectivity index is 1.90. The van der Waals surface area contributed by atoms with Crippen molar-refractivity contribution in [2.24, 2.45) is 13.0 Å². The minimum absolute atomic E-state index is 0.0237. The van der Waals surface area contributed by atoms with Crippen LogP contribution in [0.15, 0.2) is 24.3 Å². The number of hydrogen-bond acceptors (Lipinski definition) is 3. The number of nitrogens with zero attached hydrogens (tertiary/aromatic N) is 3. The molecule has 1 fully saturated rings. The van der Waals surface area contributed by atoms with E-state index in [9.17, 15) is 13.2 Å². The summed E-state index contributed by atoms with van der Waals surface area (Å²) in [5.74, 6) is 1.32. The first-order valence-corrected chi connectivity index (χ1v) is 7.55. The van der Waals surface area contributed by atoms with Gasteiger partial charge in [-0.25, -0.2) is 0 Å². The van der Waals surface area contributed by atoms with E-state index in [4.69, 9.17) is 4.74 Å². The van der Waals surface area contributed by atoms with E-state index in [1.54, 1.807) is 17.7 Å². The van der Waals surface area contributed by atoms with Crippen molar-refractivity contribution in [1.29, 1.82) is 0 Å². The second-order valence-corrected chi connectivity index (χ2v) is 5.90. The predicted octanol–water partition coefficient (Wildman–Crippen LogP) is 3.99. The molecule has 0 unspecified atom stereocenters. The third-order valence-corrected chi connectivity index (χ3v) is 4.02. The SMILES string of the molecule is C[C@H](OCC1CC1)c1nnc(-c2ccccc2C(F)(F)F)n1C. The van der Waals surface area contributed by atoms with Gasteiger partial charge in [-0.05, 0) is 31.7 Å². The van der Waals surface area contributed by atoms with E-state index in [1.807, 2.05) is 6.92 Å². The van der Waals surface area contributed by atoms with Crippen LogP contribution in [0.2, 0.25) is 0 Å². The molecule has 0 spiro atoms. The summed E-state index contributed by atoms with van der Waals surface area (Å²) in [5, 5.41) is 7.99. The zero-order valence-electron chi connectivity index (χ0n) is 13.0. The lowest BCUT2D eigenvalue weighted by Gasteiger charge is -2.14. The topological polar surface area (TPSA) is 39.9 Å². The average molecular weight is 325 g/mol. The Bertz CT molecular complexity index is 692. The molecule has 1 atom stereocenters. The molecule has 1 saturated carbocycles. The van der Waals surface area contributed by atoms with Gasteiger partial charge in [0.2, 0.25) is 0 Å². The maximum Gasteiger partial charge on any atom is 0.417 e. The molecule has 2 aromatic rings. The zero-order chi connectivity index (χ0) is 16.6. The molecule has 3 rings (SSSR count). The highest BCUT2D eigenvalue weighted by Gasteiger charge is 2.35. The zero-order valence-corrected chi connectivity index (χ0v) is 13.0. The van der Waals surface area contributed by atoms with Crippen LogP contribution in [0.3, 0.4) is 0 Å². The van der Waals surface area contributed by atoms with Gasteiger partial charge in [0.1, 0.15) is 6.10 Å². The molecule has 1 aromatic carbocycles. The predicted molar refractivity (Wildman–Crippen MR) is 78.5 cm³/mol. The molecule has 7 heteroatoms. The summed E-state index contributed by atoms with van der Waals surface area (Å²) in [6, 6.07) is 5.39. The van der Waals surface area contributed by atoms with Gasteiger partial charge in [-0.1, -0.05) is 18.2 Å². The fraction of sp³-hybridized carbons (Fsp3) is 0.500. The Morgan fingerprint density at radius 3 is 2.61 bits per heavy atom. The van der Waals surface area contributed by atoms with Gasteiger partial charge in [0.15, 0.2) is 11.6 Å². The molecule has 0 radical (unpaired) electrons. The first-order valence-electron chi connectivity index (χ1n) is 7.55. The average Bonchev–Trinajstić information content (AvgIpc) is 3.25. The molecule has 1 aliphatic rings. The molecule has 0 N–H and O–H groups in total. The van der Waals surface area contributed by atoms with E-state index < -0.39 is 11.7 Å². The van der Waals surface area contributed by atoms with Crippen molar-refractivity contribution in [2.75, 3.05) is 6.61 Å². The van der Waals surface area contributed by atoms with Gasteiger partial charge < -0.3 is 9.30 Å². The van der Waals surface area contributed by atoms with E-state index in [0.717, 1.165) is 6.07 Å². The Morgan fingerprint density at radius 1 is 1.26 bits per heavy atom. The van der Waals surface area contributed by atoms with Gasteiger partial charge in [-0.15, -0.1) is 10.2 Å². The maximum absolute atomic E-state index is 13.2. The molecule has 1 aromatic heterocycles. The first kappa shape index (κ1) is 16.0. The summed E-state index contributed by atoms with van der Waals surface area (Å²) in [6.07, 6.45) is -2.39. The smallest absolute Gasteiger partial charge is 0.370 e. The first-order chi connectivity index (χ1) is 10.9. The summed E-state index contributed by atoms with van der Waals surface area (Å²) in [7, 11) is 1.66. The third kappa shape index (κ3) is 3.39. The third-order valence-electron chi connectivity index (χ3n) is 4.02. The molecule has 1 aliphatic carbocycles. The number of aromatic nitrogens is 3. The fourth-order valence-electron chi connectivity index (χ4n) is 2.49. The number of hydrogen-bond donors (Lipinski definition) is 0. The van der Waals surface area contributed by atoms with Gasteiger partial charge >= 0.3 is 6.18 Å². The van der Waals surface area contributed by atoms with E-state index in [-0.39, 0.29) is 17.5 Å². The Hall–Kier alpha value is -1.89. The standard InChI is InChI=1S/C16H18F3N3O/c1-10(23-9-11-7-8-11)14-20-21-15(22(14)2)12-5-3-4-6-13(12)16(17,18)19/h3-6,10-11H,7-9H2,1-2H3/t10-/m0/s1. The van der Waals surface area contributed by atoms with Crippen LogP contribution in [-0.2, 0) is 18.0 Å². The molecule has 1 heterocycles. The number of rotatable bonds is 5. The summed E-state index contributed by atoms with van der Waals surface area (Å²) in [4.78, 5) is 0. The minimum atomic E-state index is -4.43. The number of ether oxygens (including phenoxy) is 1.